The molecule has 0 fully saturated rings. The van der Waals surface area contributed by atoms with Gasteiger partial charge < -0.3 is 5.32 Å². The number of nitrogens with one attached hydrogen (secondary N) is 1. The summed E-state index contributed by atoms with van der Waals surface area (Å²) in [5.74, 6) is 0.387. The third-order valence-electron chi connectivity index (χ3n) is 3.94. The van der Waals surface area contributed by atoms with Crippen LogP contribution in [0.15, 0.2) is 66.2 Å². The summed E-state index contributed by atoms with van der Waals surface area (Å²) in [5, 5.41) is 6.87. The number of hydrogen-bond donors (Lipinski definition) is 1. The molecule has 0 saturated heterocycles. The zero-order valence-corrected chi connectivity index (χ0v) is 16.7. The topological polar surface area (TPSA) is 42.0 Å². The second-order valence-corrected chi connectivity index (χ2v) is 8.48. The third kappa shape index (κ3) is 5.10. The van der Waals surface area contributed by atoms with E-state index in [1.165, 1.54) is 0 Å². The van der Waals surface area contributed by atoms with Crippen LogP contribution in [0.5, 0.6) is 0 Å². The van der Waals surface area contributed by atoms with Gasteiger partial charge in [-0.2, -0.15) is 0 Å². The van der Waals surface area contributed by atoms with Crippen LogP contribution >= 0.6 is 34.7 Å². The molecule has 2 atom stereocenters. The second kappa shape index (κ2) is 9.21. The zero-order chi connectivity index (χ0) is 18.4. The zero-order valence-electron chi connectivity index (χ0n) is 14.3. The summed E-state index contributed by atoms with van der Waals surface area (Å²) in [7, 11) is 0. The number of rotatable bonds is 7. The molecule has 0 spiro atoms. The summed E-state index contributed by atoms with van der Waals surface area (Å²) in [6, 6.07) is 17.5. The van der Waals surface area contributed by atoms with E-state index in [1.807, 2.05) is 60.0 Å². The molecule has 0 bridgehead atoms. The van der Waals surface area contributed by atoms with E-state index < -0.39 is 0 Å². The van der Waals surface area contributed by atoms with E-state index >= 15 is 0 Å². The lowest BCUT2D eigenvalue weighted by Gasteiger charge is -2.18. The third-order valence-corrected chi connectivity index (χ3v) is 6.23. The van der Waals surface area contributed by atoms with Crippen molar-refractivity contribution >= 4 is 40.6 Å². The highest BCUT2D eigenvalue weighted by Crippen LogP contribution is 2.29. The molecular formula is C20H19ClN2OS2. The molecule has 1 heterocycles. The Kier molecular flexibility index (Phi) is 6.72. The van der Waals surface area contributed by atoms with Crippen molar-refractivity contribution in [2.24, 2.45) is 0 Å². The highest BCUT2D eigenvalue weighted by molar-refractivity contribution is 8.00. The minimum absolute atomic E-state index is 0.000124. The van der Waals surface area contributed by atoms with E-state index in [9.17, 15) is 4.79 Å². The lowest BCUT2D eigenvalue weighted by atomic mass is 10.1. The monoisotopic (exact) mass is 402 g/mol. The van der Waals surface area contributed by atoms with Gasteiger partial charge in [0.05, 0.1) is 5.75 Å². The Morgan fingerprint density at radius 1 is 1.15 bits per heavy atom. The summed E-state index contributed by atoms with van der Waals surface area (Å²) < 4.78 is 0. The first-order valence-electron chi connectivity index (χ1n) is 8.24. The molecule has 3 aromatic rings. The molecule has 3 rings (SSSR count). The molecule has 0 radical (unpaired) electrons. The number of benzene rings is 2. The van der Waals surface area contributed by atoms with Gasteiger partial charge >= 0.3 is 0 Å². The Morgan fingerprint density at radius 3 is 2.54 bits per heavy atom. The Balaban J connectivity index is 1.62. The molecule has 6 heteroatoms. The fourth-order valence-corrected chi connectivity index (χ4v) is 4.22. The molecule has 2 unspecified atom stereocenters. The highest BCUT2D eigenvalue weighted by Gasteiger charge is 2.19. The maximum atomic E-state index is 12.5. The fourth-order valence-electron chi connectivity index (χ4n) is 2.54. The van der Waals surface area contributed by atoms with E-state index in [2.05, 4.69) is 17.2 Å². The summed E-state index contributed by atoms with van der Waals surface area (Å²) in [5.41, 5.74) is 2.19. The first-order chi connectivity index (χ1) is 12.6. The standard InChI is InChI=1S/C20H19ClN2OS2/c1-14(15-7-9-17(21)10-8-15)26-13-18(24)23-19(20-22-11-12-25-20)16-5-3-2-4-6-16/h2-12,14,19H,13H2,1H3,(H,23,24). The van der Waals surface area contributed by atoms with E-state index in [-0.39, 0.29) is 17.2 Å². The van der Waals surface area contributed by atoms with Crippen LogP contribution in [0.4, 0.5) is 0 Å². The predicted octanol–water partition coefficient (Wildman–Crippen LogP) is 5.50. The van der Waals surface area contributed by atoms with Crippen molar-refractivity contribution in [2.45, 2.75) is 18.2 Å². The lowest BCUT2D eigenvalue weighted by Crippen LogP contribution is -2.30. The van der Waals surface area contributed by atoms with Gasteiger partial charge in [0.15, 0.2) is 0 Å². The molecule has 1 amide bonds. The van der Waals surface area contributed by atoms with Crippen LogP contribution in [0.3, 0.4) is 0 Å². The molecule has 2 aromatic carbocycles. The number of amides is 1. The molecule has 1 aromatic heterocycles. The minimum Gasteiger partial charge on any atom is -0.342 e. The molecule has 26 heavy (non-hydrogen) atoms. The number of aromatic nitrogens is 1. The Bertz CT molecular complexity index is 823. The second-order valence-electron chi connectivity index (χ2n) is 5.79. The van der Waals surface area contributed by atoms with Gasteiger partial charge in [0.1, 0.15) is 11.0 Å². The summed E-state index contributed by atoms with van der Waals surface area (Å²) >= 11 is 9.08. The maximum absolute atomic E-state index is 12.5. The molecule has 1 N–H and O–H groups in total. The van der Waals surface area contributed by atoms with Crippen LogP contribution in [0, 0.1) is 0 Å². The molecule has 0 aliphatic rings. The van der Waals surface area contributed by atoms with Gasteiger partial charge in [-0.15, -0.1) is 23.1 Å². The van der Waals surface area contributed by atoms with Crippen LogP contribution in [0.2, 0.25) is 5.02 Å². The molecule has 3 nitrogen and oxygen atoms in total. The Hall–Kier alpha value is -1.82. The average molecular weight is 403 g/mol. The van der Waals surface area contributed by atoms with Crippen molar-refractivity contribution in [3.8, 4) is 0 Å². The first kappa shape index (κ1) is 19.0. The number of hydrogen-bond acceptors (Lipinski definition) is 4. The van der Waals surface area contributed by atoms with E-state index in [4.69, 9.17) is 11.6 Å². The van der Waals surface area contributed by atoms with Gasteiger partial charge in [0, 0.05) is 21.8 Å². The SMILES string of the molecule is CC(SCC(=O)NC(c1ccccc1)c1nccs1)c1ccc(Cl)cc1. The van der Waals surface area contributed by atoms with Crippen molar-refractivity contribution in [3.63, 3.8) is 0 Å². The minimum atomic E-state index is -0.213. The average Bonchev–Trinajstić information content (AvgIpc) is 3.20. The number of carbonyl (C=O) groups is 1. The summed E-state index contributed by atoms with van der Waals surface area (Å²) in [6.07, 6.45) is 1.76. The van der Waals surface area contributed by atoms with E-state index in [0.717, 1.165) is 21.2 Å². The predicted molar refractivity (Wildman–Crippen MR) is 111 cm³/mol. The van der Waals surface area contributed by atoms with Crippen LogP contribution in [0.1, 0.15) is 34.4 Å². The molecule has 0 aliphatic heterocycles. The normalized spacial score (nSPS) is 13.2. The summed E-state index contributed by atoms with van der Waals surface area (Å²) in [6.45, 7) is 2.09. The number of nitrogens with zero attached hydrogens (tertiary/aromatic N) is 1. The number of carbonyl (C=O) groups excluding carboxylic acids is 1. The van der Waals surface area contributed by atoms with Crippen LogP contribution in [-0.4, -0.2) is 16.6 Å². The van der Waals surface area contributed by atoms with Crippen molar-refractivity contribution in [2.75, 3.05) is 5.75 Å². The molecule has 134 valence electrons. The fraction of sp³-hybridized carbons (Fsp3) is 0.200. The van der Waals surface area contributed by atoms with Gasteiger partial charge in [-0.1, -0.05) is 54.1 Å². The van der Waals surface area contributed by atoms with Gasteiger partial charge in [-0.25, -0.2) is 4.98 Å². The Labute approximate surface area is 166 Å². The van der Waals surface area contributed by atoms with Gasteiger partial charge in [-0.05, 0) is 30.2 Å². The molecule has 0 saturated carbocycles. The quantitative estimate of drug-likeness (QED) is 0.567. The maximum Gasteiger partial charge on any atom is 0.230 e. The highest BCUT2D eigenvalue weighted by atomic mass is 35.5. The number of thiazole rings is 1. The van der Waals surface area contributed by atoms with Gasteiger partial charge in [-0.3, -0.25) is 4.79 Å². The molecule has 0 aliphatic carbocycles. The van der Waals surface area contributed by atoms with Crippen LogP contribution in [0.25, 0.3) is 0 Å². The largest absolute Gasteiger partial charge is 0.342 e. The lowest BCUT2D eigenvalue weighted by molar-refractivity contribution is -0.119. The van der Waals surface area contributed by atoms with Gasteiger partial charge in [0.25, 0.3) is 0 Å². The van der Waals surface area contributed by atoms with Crippen LogP contribution < -0.4 is 5.32 Å². The summed E-state index contributed by atoms with van der Waals surface area (Å²) in [4.78, 5) is 16.9. The van der Waals surface area contributed by atoms with Crippen molar-refractivity contribution < 1.29 is 4.79 Å². The van der Waals surface area contributed by atoms with Crippen molar-refractivity contribution in [3.05, 3.63) is 87.3 Å². The van der Waals surface area contributed by atoms with Crippen molar-refractivity contribution in [1.82, 2.24) is 10.3 Å². The first-order valence-corrected chi connectivity index (χ1v) is 10.5. The van der Waals surface area contributed by atoms with Gasteiger partial charge in [0.2, 0.25) is 5.91 Å². The Morgan fingerprint density at radius 2 is 1.88 bits per heavy atom. The number of thioether (sulfide) groups is 1. The number of halogens is 1. The smallest absolute Gasteiger partial charge is 0.230 e. The van der Waals surface area contributed by atoms with E-state index in [1.54, 1.807) is 29.3 Å². The van der Waals surface area contributed by atoms with Crippen LogP contribution in [-0.2, 0) is 4.79 Å². The molecular weight excluding hydrogens is 384 g/mol. The van der Waals surface area contributed by atoms with E-state index in [0.29, 0.717) is 5.75 Å². The van der Waals surface area contributed by atoms with Crippen molar-refractivity contribution in [1.29, 1.82) is 0 Å².